The number of benzene rings is 4. The molecular weight excluding hydrogens is 415 g/mol. The zero-order chi connectivity index (χ0) is 22.2. The number of nitro benzene ring substituents is 1. The molecule has 1 N–H and O–H groups in total. The second kappa shape index (κ2) is 10.7. The Hall–Kier alpha value is -3.49. The van der Waals surface area contributed by atoms with E-state index in [1.807, 2.05) is 42.5 Å². The molecule has 0 amide bonds. The fourth-order valence-electron chi connectivity index (χ4n) is 3.69. The lowest BCUT2D eigenvalue weighted by Gasteiger charge is -2.19. The summed E-state index contributed by atoms with van der Waals surface area (Å²) >= 11 is 0. The Balaban J connectivity index is 1.55. The van der Waals surface area contributed by atoms with Gasteiger partial charge in [0.15, 0.2) is 0 Å². The number of nitrogens with zero attached hydrogens (tertiary/aromatic N) is 1. The molecule has 0 fully saturated rings. The van der Waals surface area contributed by atoms with Crippen LogP contribution in [0.4, 0.5) is 11.4 Å². The van der Waals surface area contributed by atoms with Crippen LogP contribution in [0.3, 0.4) is 0 Å². The van der Waals surface area contributed by atoms with Crippen molar-refractivity contribution < 1.29 is 4.92 Å². The average Bonchev–Trinajstić information content (AvgIpc) is 2.85. The number of nitrogens with one attached hydrogen (secondary N) is 1. The Labute approximate surface area is 189 Å². The van der Waals surface area contributed by atoms with Gasteiger partial charge in [-0.3, -0.25) is 10.1 Å². The third kappa shape index (κ3) is 5.60. The van der Waals surface area contributed by atoms with E-state index >= 15 is 0 Å². The standard InChI is InChI=1S/C27H25N2O2P/c30-29(31)27-20-23(16-17-26(27)28-19-18-22-10-4-1-5-11-22)21-32(24-12-6-2-7-13-24)25-14-8-3-9-15-25/h1-17,20,28H,18-19,21H2. The van der Waals surface area contributed by atoms with Crippen molar-refractivity contribution >= 4 is 29.9 Å². The van der Waals surface area contributed by atoms with Gasteiger partial charge in [-0.25, -0.2) is 0 Å². The minimum Gasteiger partial charge on any atom is -0.379 e. The highest BCUT2D eigenvalue weighted by atomic mass is 31.1. The predicted octanol–water partition coefficient (Wildman–Crippen LogP) is 5.88. The number of hydrogen-bond acceptors (Lipinski definition) is 3. The van der Waals surface area contributed by atoms with Crippen molar-refractivity contribution in [1.29, 1.82) is 0 Å². The summed E-state index contributed by atoms with van der Waals surface area (Å²) in [6.07, 6.45) is 1.57. The van der Waals surface area contributed by atoms with Crippen molar-refractivity contribution in [2.75, 3.05) is 11.9 Å². The number of rotatable bonds is 9. The molecule has 0 aromatic heterocycles. The highest BCUT2D eigenvalue weighted by Gasteiger charge is 2.18. The summed E-state index contributed by atoms with van der Waals surface area (Å²) in [4.78, 5) is 11.5. The van der Waals surface area contributed by atoms with Gasteiger partial charge in [0.25, 0.3) is 5.69 Å². The fourth-order valence-corrected chi connectivity index (χ4v) is 5.98. The van der Waals surface area contributed by atoms with E-state index in [4.69, 9.17) is 0 Å². The molecule has 0 spiro atoms. The summed E-state index contributed by atoms with van der Waals surface area (Å²) in [7, 11) is -0.653. The molecule has 160 valence electrons. The van der Waals surface area contributed by atoms with Crippen LogP contribution in [-0.2, 0) is 12.6 Å². The summed E-state index contributed by atoms with van der Waals surface area (Å²) in [6.45, 7) is 0.644. The average molecular weight is 440 g/mol. The maximum atomic E-state index is 11.8. The summed E-state index contributed by atoms with van der Waals surface area (Å²) in [6, 6.07) is 36.5. The van der Waals surface area contributed by atoms with Crippen LogP contribution in [-0.4, -0.2) is 11.5 Å². The maximum absolute atomic E-state index is 11.8. The third-order valence-corrected chi connectivity index (χ3v) is 7.83. The van der Waals surface area contributed by atoms with E-state index in [1.165, 1.54) is 16.2 Å². The quantitative estimate of drug-likeness (QED) is 0.201. The number of hydrogen-bond donors (Lipinski definition) is 1. The molecule has 0 atom stereocenters. The lowest BCUT2D eigenvalue weighted by Crippen LogP contribution is -2.13. The Morgan fingerprint density at radius 1 is 0.719 bits per heavy atom. The number of anilines is 1. The molecule has 0 unspecified atom stereocenters. The van der Waals surface area contributed by atoms with Gasteiger partial charge in [0.05, 0.1) is 4.92 Å². The summed E-state index contributed by atoms with van der Waals surface area (Å²) < 4.78 is 0. The van der Waals surface area contributed by atoms with E-state index in [2.05, 4.69) is 66.0 Å². The van der Waals surface area contributed by atoms with Crippen molar-refractivity contribution in [2.45, 2.75) is 12.6 Å². The predicted molar refractivity (Wildman–Crippen MR) is 135 cm³/mol. The summed E-state index contributed by atoms with van der Waals surface area (Å²) in [5.74, 6) is 0. The highest BCUT2D eigenvalue weighted by molar-refractivity contribution is 7.72. The molecule has 0 saturated heterocycles. The van der Waals surface area contributed by atoms with Crippen molar-refractivity contribution in [2.24, 2.45) is 0 Å². The Morgan fingerprint density at radius 3 is 1.84 bits per heavy atom. The molecular formula is C27H25N2O2P. The molecule has 0 radical (unpaired) electrons. The monoisotopic (exact) mass is 440 g/mol. The second-order valence-electron chi connectivity index (χ2n) is 7.53. The Morgan fingerprint density at radius 2 is 1.28 bits per heavy atom. The van der Waals surface area contributed by atoms with Crippen LogP contribution in [0, 0.1) is 10.1 Å². The van der Waals surface area contributed by atoms with E-state index in [-0.39, 0.29) is 10.6 Å². The SMILES string of the molecule is O=[N+]([O-])c1cc(CP(c2ccccc2)c2ccccc2)ccc1NCCc1ccccc1. The summed E-state index contributed by atoms with van der Waals surface area (Å²) in [5.41, 5.74) is 2.88. The minimum absolute atomic E-state index is 0.131. The van der Waals surface area contributed by atoms with E-state index < -0.39 is 7.92 Å². The molecule has 4 nitrogen and oxygen atoms in total. The molecule has 4 rings (SSSR count). The largest absolute Gasteiger partial charge is 0.379 e. The zero-order valence-corrected chi connectivity index (χ0v) is 18.6. The Bertz CT molecular complexity index is 1110. The van der Waals surface area contributed by atoms with Crippen LogP contribution < -0.4 is 15.9 Å². The van der Waals surface area contributed by atoms with Crippen LogP contribution in [0.1, 0.15) is 11.1 Å². The molecule has 0 aliphatic rings. The van der Waals surface area contributed by atoms with Crippen molar-refractivity contribution in [3.05, 3.63) is 130 Å². The molecule has 4 aromatic rings. The van der Waals surface area contributed by atoms with Gasteiger partial charge in [0, 0.05) is 18.8 Å². The molecule has 0 aliphatic carbocycles. The van der Waals surface area contributed by atoms with Gasteiger partial charge in [-0.1, -0.05) is 97.1 Å². The first-order chi connectivity index (χ1) is 15.7. The lowest BCUT2D eigenvalue weighted by atomic mass is 10.1. The Kier molecular flexibility index (Phi) is 7.27. The van der Waals surface area contributed by atoms with Crippen LogP contribution in [0.25, 0.3) is 0 Å². The van der Waals surface area contributed by atoms with E-state index in [9.17, 15) is 10.1 Å². The second-order valence-corrected chi connectivity index (χ2v) is 9.73. The van der Waals surface area contributed by atoms with Crippen molar-refractivity contribution in [3.8, 4) is 0 Å². The van der Waals surface area contributed by atoms with Crippen LogP contribution in [0.15, 0.2) is 109 Å². The van der Waals surface area contributed by atoms with Crippen LogP contribution >= 0.6 is 7.92 Å². The fraction of sp³-hybridized carbons (Fsp3) is 0.111. The lowest BCUT2D eigenvalue weighted by molar-refractivity contribution is -0.384. The van der Waals surface area contributed by atoms with E-state index in [1.54, 1.807) is 6.07 Å². The van der Waals surface area contributed by atoms with Crippen molar-refractivity contribution in [1.82, 2.24) is 0 Å². The van der Waals surface area contributed by atoms with E-state index in [0.29, 0.717) is 12.2 Å². The molecule has 0 bridgehead atoms. The van der Waals surface area contributed by atoms with Gasteiger partial charge in [-0.2, -0.15) is 0 Å². The van der Waals surface area contributed by atoms with E-state index in [0.717, 1.165) is 18.1 Å². The normalized spacial score (nSPS) is 10.8. The first kappa shape index (κ1) is 21.7. The highest BCUT2D eigenvalue weighted by Crippen LogP contribution is 2.39. The topological polar surface area (TPSA) is 55.2 Å². The smallest absolute Gasteiger partial charge is 0.292 e. The minimum atomic E-state index is -0.653. The zero-order valence-electron chi connectivity index (χ0n) is 17.7. The van der Waals surface area contributed by atoms with Gasteiger partial charge < -0.3 is 5.32 Å². The molecule has 32 heavy (non-hydrogen) atoms. The van der Waals surface area contributed by atoms with Crippen molar-refractivity contribution in [3.63, 3.8) is 0 Å². The molecule has 0 saturated carbocycles. The van der Waals surface area contributed by atoms with Crippen LogP contribution in [0.5, 0.6) is 0 Å². The summed E-state index contributed by atoms with van der Waals surface area (Å²) in [5, 5.41) is 17.6. The van der Waals surface area contributed by atoms with Gasteiger partial charge >= 0.3 is 0 Å². The first-order valence-electron chi connectivity index (χ1n) is 10.6. The van der Waals surface area contributed by atoms with Gasteiger partial charge in [0.2, 0.25) is 0 Å². The van der Waals surface area contributed by atoms with Gasteiger partial charge in [-0.05, 0) is 42.1 Å². The molecule has 0 aliphatic heterocycles. The third-order valence-electron chi connectivity index (χ3n) is 5.31. The molecule has 5 heteroatoms. The first-order valence-corrected chi connectivity index (χ1v) is 12.2. The van der Waals surface area contributed by atoms with Crippen LogP contribution in [0.2, 0.25) is 0 Å². The maximum Gasteiger partial charge on any atom is 0.292 e. The van der Waals surface area contributed by atoms with Gasteiger partial charge in [0.1, 0.15) is 5.69 Å². The molecule has 4 aromatic carbocycles. The molecule has 0 heterocycles. The van der Waals surface area contributed by atoms with Gasteiger partial charge in [-0.15, -0.1) is 0 Å². The number of nitro groups is 1.